The molecule has 1 aliphatic rings. The first kappa shape index (κ1) is 18.4. The van der Waals surface area contributed by atoms with Crippen LogP contribution in [0.3, 0.4) is 0 Å². The molecule has 1 fully saturated rings. The number of ether oxygens (including phenoxy) is 1. The highest BCUT2D eigenvalue weighted by atomic mass is 19.1. The Morgan fingerprint density at radius 2 is 2.17 bits per heavy atom. The molecule has 2 rings (SSSR count). The molecule has 1 saturated heterocycles. The summed E-state index contributed by atoms with van der Waals surface area (Å²) in [5, 5.41) is 5.60. The summed E-state index contributed by atoms with van der Waals surface area (Å²) in [7, 11) is 1.61. The van der Waals surface area contributed by atoms with Gasteiger partial charge in [-0.05, 0) is 24.1 Å². The third-order valence-corrected chi connectivity index (χ3v) is 3.97. The Morgan fingerprint density at radius 1 is 1.42 bits per heavy atom. The van der Waals surface area contributed by atoms with Gasteiger partial charge in [0.15, 0.2) is 0 Å². The van der Waals surface area contributed by atoms with Gasteiger partial charge in [0.05, 0.1) is 12.5 Å². The summed E-state index contributed by atoms with van der Waals surface area (Å²) in [4.78, 5) is 26.2. The number of rotatable bonds is 8. The van der Waals surface area contributed by atoms with Crippen molar-refractivity contribution in [2.75, 3.05) is 33.4 Å². The molecule has 1 aliphatic heterocycles. The predicted octanol–water partition coefficient (Wildman–Crippen LogP) is 0.669. The Hall–Kier alpha value is -1.99. The van der Waals surface area contributed by atoms with Crippen LogP contribution in [0.4, 0.5) is 4.39 Å². The zero-order valence-corrected chi connectivity index (χ0v) is 13.9. The molecule has 0 aliphatic carbocycles. The van der Waals surface area contributed by atoms with Gasteiger partial charge in [0.1, 0.15) is 5.82 Å². The lowest BCUT2D eigenvalue weighted by Crippen LogP contribution is -2.56. The molecule has 0 bridgehead atoms. The number of hydrogen-bond acceptors (Lipinski definition) is 4. The molecule has 7 heteroatoms. The predicted molar refractivity (Wildman–Crippen MR) is 87.7 cm³/mol. The fourth-order valence-electron chi connectivity index (χ4n) is 2.69. The first-order chi connectivity index (χ1) is 11.6. The highest BCUT2D eigenvalue weighted by Crippen LogP contribution is 2.14. The number of carbonyl (C=O) groups excluding carboxylic acids is 2. The lowest BCUT2D eigenvalue weighted by molar-refractivity contribution is -0.134. The molecule has 24 heavy (non-hydrogen) atoms. The van der Waals surface area contributed by atoms with Gasteiger partial charge in [0.2, 0.25) is 11.8 Å². The molecular weight excluding hydrogens is 313 g/mol. The quantitative estimate of drug-likeness (QED) is 0.684. The van der Waals surface area contributed by atoms with Crippen molar-refractivity contribution in [3.05, 3.63) is 35.6 Å². The molecule has 0 saturated carbocycles. The molecule has 1 atom stereocenters. The number of piperazine rings is 1. The second-order valence-corrected chi connectivity index (χ2v) is 5.80. The molecule has 132 valence electrons. The van der Waals surface area contributed by atoms with Crippen LogP contribution in [-0.2, 0) is 20.9 Å². The van der Waals surface area contributed by atoms with E-state index in [1.165, 1.54) is 12.1 Å². The zero-order chi connectivity index (χ0) is 17.4. The summed E-state index contributed by atoms with van der Waals surface area (Å²) in [6.07, 6.45) is 0.846. The van der Waals surface area contributed by atoms with E-state index < -0.39 is 6.04 Å². The van der Waals surface area contributed by atoms with Gasteiger partial charge in [-0.1, -0.05) is 12.1 Å². The van der Waals surface area contributed by atoms with Gasteiger partial charge >= 0.3 is 0 Å². The van der Waals surface area contributed by atoms with Crippen molar-refractivity contribution in [3.63, 3.8) is 0 Å². The topological polar surface area (TPSA) is 70.7 Å². The van der Waals surface area contributed by atoms with Crippen molar-refractivity contribution in [1.29, 1.82) is 0 Å². The first-order valence-corrected chi connectivity index (χ1v) is 8.12. The van der Waals surface area contributed by atoms with Crippen LogP contribution in [0.1, 0.15) is 18.4 Å². The van der Waals surface area contributed by atoms with Crippen LogP contribution in [0.15, 0.2) is 24.3 Å². The summed E-state index contributed by atoms with van der Waals surface area (Å²) in [5.74, 6) is -0.588. The summed E-state index contributed by atoms with van der Waals surface area (Å²) >= 11 is 0. The van der Waals surface area contributed by atoms with Gasteiger partial charge in [-0.3, -0.25) is 14.5 Å². The summed E-state index contributed by atoms with van der Waals surface area (Å²) in [5.41, 5.74) is 0.914. The summed E-state index contributed by atoms with van der Waals surface area (Å²) in [6.45, 7) is 2.83. The van der Waals surface area contributed by atoms with Crippen LogP contribution >= 0.6 is 0 Å². The number of nitrogens with zero attached hydrogens (tertiary/aromatic N) is 1. The number of hydrogen-bond donors (Lipinski definition) is 2. The third-order valence-electron chi connectivity index (χ3n) is 3.97. The maximum atomic E-state index is 13.0. The van der Waals surface area contributed by atoms with Crippen molar-refractivity contribution < 1.29 is 18.7 Å². The molecule has 2 amide bonds. The highest BCUT2D eigenvalue weighted by molar-refractivity contribution is 5.88. The van der Waals surface area contributed by atoms with E-state index in [0.717, 1.165) is 12.0 Å². The number of amides is 2. The normalized spacial score (nSPS) is 18.2. The van der Waals surface area contributed by atoms with Gasteiger partial charge in [-0.15, -0.1) is 0 Å². The van der Waals surface area contributed by atoms with Crippen LogP contribution in [0.25, 0.3) is 0 Å². The van der Waals surface area contributed by atoms with Crippen LogP contribution in [-0.4, -0.2) is 56.1 Å². The number of benzene rings is 1. The van der Waals surface area contributed by atoms with Gasteiger partial charge in [0, 0.05) is 39.9 Å². The Labute approximate surface area is 141 Å². The molecule has 0 radical (unpaired) electrons. The molecule has 2 N–H and O–H groups in total. The van der Waals surface area contributed by atoms with E-state index in [-0.39, 0.29) is 24.1 Å². The Bertz CT molecular complexity index is 551. The summed E-state index contributed by atoms with van der Waals surface area (Å²) < 4.78 is 17.9. The van der Waals surface area contributed by atoms with E-state index in [9.17, 15) is 14.0 Å². The van der Waals surface area contributed by atoms with Gasteiger partial charge < -0.3 is 15.4 Å². The highest BCUT2D eigenvalue weighted by Gasteiger charge is 2.31. The maximum absolute atomic E-state index is 13.0. The smallest absolute Gasteiger partial charge is 0.237 e. The first-order valence-electron chi connectivity index (χ1n) is 8.12. The van der Waals surface area contributed by atoms with E-state index in [4.69, 9.17) is 4.74 Å². The molecule has 6 nitrogen and oxygen atoms in total. The summed E-state index contributed by atoms with van der Waals surface area (Å²) in [6, 6.07) is 5.69. The average Bonchev–Trinajstić information content (AvgIpc) is 2.57. The molecule has 0 spiro atoms. The van der Waals surface area contributed by atoms with Crippen LogP contribution in [0.5, 0.6) is 0 Å². The van der Waals surface area contributed by atoms with Crippen molar-refractivity contribution in [1.82, 2.24) is 15.5 Å². The second kappa shape index (κ2) is 9.34. The lowest BCUT2D eigenvalue weighted by Gasteiger charge is -2.34. The fraction of sp³-hybridized carbons (Fsp3) is 0.529. The van der Waals surface area contributed by atoms with Crippen molar-refractivity contribution >= 4 is 11.8 Å². The minimum atomic E-state index is -0.508. The molecule has 0 unspecified atom stereocenters. The van der Waals surface area contributed by atoms with Gasteiger partial charge in [-0.25, -0.2) is 4.39 Å². The van der Waals surface area contributed by atoms with E-state index in [1.807, 2.05) is 4.90 Å². The molecule has 1 heterocycles. The van der Waals surface area contributed by atoms with E-state index in [2.05, 4.69) is 10.6 Å². The number of nitrogens with one attached hydrogen (secondary N) is 2. The largest absolute Gasteiger partial charge is 0.385 e. The fourth-order valence-corrected chi connectivity index (χ4v) is 2.69. The minimum Gasteiger partial charge on any atom is -0.385 e. The molecule has 1 aromatic carbocycles. The SMILES string of the molecule is COCCCNC(=O)C[C@@H]1C(=O)NCCN1Cc1ccc(F)cc1. The zero-order valence-electron chi connectivity index (χ0n) is 13.9. The van der Waals surface area contributed by atoms with E-state index >= 15 is 0 Å². The minimum absolute atomic E-state index is 0.111. The van der Waals surface area contributed by atoms with Crippen LogP contribution in [0, 0.1) is 5.82 Å². The number of halogens is 1. The molecule has 0 aromatic heterocycles. The standard InChI is InChI=1S/C17H24FN3O3/c1-24-10-2-7-19-16(22)11-15-17(23)20-8-9-21(15)12-13-3-5-14(18)6-4-13/h3-6,15H,2,7-12H2,1H3,(H,19,22)(H,20,23)/t15-/m1/s1. The Kier molecular flexibility index (Phi) is 7.14. The van der Waals surface area contributed by atoms with Crippen LogP contribution < -0.4 is 10.6 Å². The number of carbonyl (C=O) groups is 2. The van der Waals surface area contributed by atoms with Crippen molar-refractivity contribution in [2.24, 2.45) is 0 Å². The molecular formula is C17H24FN3O3. The molecule has 1 aromatic rings. The van der Waals surface area contributed by atoms with E-state index in [1.54, 1.807) is 19.2 Å². The van der Waals surface area contributed by atoms with Gasteiger partial charge in [-0.2, -0.15) is 0 Å². The van der Waals surface area contributed by atoms with Crippen LogP contribution in [0.2, 0.25) is 0 Å². The monoisotopic (exact) mass is 337 g/mol. The lowest BCUT2D eigenvalue weighted by atomic mass is 10.1. The van der Waals surface area contributed by atoms with E-state index in [0.29, 0.717) is 32.8 Å². The Morgan fingerprint density at radius 3 is 2.88 bits per heavy atom. The van der Waals surface area contributed by atoms with Gasteiger partial charge in [0.25, 0.3) is 0 Å². The Balaban J connectivity index is 1.91. The second-order valence-electron chi connectivity index (χ2n) is 5.80. The number of methoxy groups -OCH3 is 1. The maximum Gasteiger partial charge on any atom is 0.237 e. The van der Waals surface area contributed by atoms with Crippen molar-refractivity contribution in [3.8, 4) is 0 Å². The van der Waals surface area contributed by atoms with Crippen molar-refractivity contribution in [2.45, 2.75) is 25.4 Å². The average molecular weight is 337 g/mol. The third kappa shape index (κ3) is 5.58.